The zero-order valence-corrected chi connectivity index (χ0v) is 19.7. The number of sulfonamides is 1. The lowest BCUT2D eigenvalue weighted by Crippen LogP contribution is -2.32. The highest BCUT2D eigenvalue weighted by atomic mass is 32.2. The molecule has 35 heavy (non-hydrogen) atoms. The molecule has 0 saturated carbocycles. The van der Waals surface area contributed by atoms with Gasteiger partial charge in [0, 0.05) is 30.1 Å². The Balaban J connectivity index is 1.78. The van der Waals surface area contributed by atoms with Gasteiger partial charge in [-0.05, 0) is 54.1 Å². The number of aromatic nitrogens is 1. The maximum absolute atomic E-state index is 13.5. The maximum atomic E-state index is 13.5. The van der Waals surface area contributed by atoms with Crippen LogP contribution in [-0.4, -0.2) is 31.9 Å². The standard InChI is InChI=1S/C25H22F2N2O5S/c1-33-23-12-17-11-18(25(30)28-22(17)13-24(23)34-2)15-29(14-16-3-5-19(26)6-4-16)35(31,32)21-9-7-20(27)8-10-21/h3-13H,14-15H2,1-2H3,(H,28,30). The van der Waals surface area contributed by atoms with E-state index in [-0.39, 0.29) is 23.5 Å². The third-order valence-electron chi connectivity index (χ3n) is 5.50. The Bertz CT molecular complexity index is 1520. The number of H-pyrrole nitrogens is 1. The van der Waals surface area contributed by atoms with E-state index in [0.717, 1.165) is 28.6 Å². The van der Waals surface area contributed by atoms with E-state index in [4.69, 9.17) is 9.47 Å². The van der Waals surface area contributed by atoms with Crippen molar-refractivity contribution in [1.82, 2.24) is 9.29 Å². The number of hydrogen-bond acceptors (Lipinski definition) is 5. The van der Waals surface area contributed by atoms with Gasteiger partial charge in [0.1, 0.15) is 11.6 Å². The average molecular weight is 501 g/mol. The minimum atomic E-state index is -4.14. The summed E-state index contributed by atoms with van der Waals surface area (Å²) in [5, 5.41) is 0.609. The average Bonchev–Trinajstić information content (AvgIpc) is 2.84. The van der Waals surface area contributed by atoms with E-state index in [2.05, 4.69) is 4.98 Å². The van der Waals surface area contributed by atoms with Gasteiger partial charge in [-0.15, -0.1) is 0 Å². The molecule has 0 radical (unpaired) electrons. The summed E-state index contributed by atoms with van der Waals surface area (Å²) < 4.78 is 65.4. The number of aromatic amines is 1. The number of halogens is 2. The minimum Gasteiger partial charge on any atom is -0.493 e. The van der Waals surface area contributed by atoms with E-state index in [1.807, 2.05) is 0 Å². The largest absolute Gasteiger partial charge is 0.493 e. The number of pyridine rings is 1. The summed E-state index contributed by atoms with van der Waals surface area (Å²) in [6, 6.07) is 14.6. The van der Waals surface area contributed by atoms with Gasteiger partial charge in [0.2, 0.25) is 10.0 Å². The molecule has 1 aromatic heterocycles. The normalized spacial score (nSPS) is 11.7. The molecule has 1 N–H and O–H groups in total. The van der Waals surface area contributed by atoms with E-state index < -0.39 is 27.2 Å². The van der Waals surface area contributed by atoms with Crippen molar-refractivity contribution in [1.29, 1.82) is 0 Å². The molecular weight excluding hydrogens is 478 g/mol. The van der Waals surface area contributed by atoms with Gasteiger partial charge >= 0.3 is 0 Å². The number of rotatable bonds is 8. The fourth-order valence-electron chi connectivity index (χ4n) is 3.66. The Hall–Kier alpha value is -3.76. The van der Waals surface area contributed by atoms with Crippen LogP contribution in [0.4, 0.5) is 8.78 Å². The summed E-state index contributed by atoms with van der Waals surface area (Å²) in [5.41, 5.74) is 0.698. The molecule has 1 heterocycles. The smallest absolute Gasteiger partial charge is 0.252 e. The van der Waals surface area contributed by atoms with Crippen molar-refractivity contribution in [3.05, 3.63) is 99.8 Å². The Morgan fingerprint density at radius 1 is 0.829 bits per heavy atom. The van der Waals surface area contributed by atoms with Gasteiger partial charge in [0.15, 0.2) is 11.5 Å². The molecule has 182 valence electrons. The van der Waals surface area contributed by atoms with Crippen LogP contribution in [0.25, 0.3) is 10.9 Å². The van der Waals surface area contributed by atoms with E-state index in [9.17, 15) is 22.0 Å². The summed E-state index contributed by atoms with van der Waals surface area (Å²) in [6.07, 6.45) is 0. The predicted molar refractivity (Wildman–Crippen MR) is 127 cm³/mol. The summed E-state index contributed by atoms with van der Waals surface area (Å²) in [6.45, 7) is -0.417. The molecule has 4 rings (SSSR count). The molecule has 0 unspecified atom stereocenters. The van der Waals surface area contributed by atoms with Crippen LogP contribution in [0.1, 0.15) is 11.1 Å². The molecule has 0 amide bonds. The van der Waals surface area contributed by atoms with Crippen LogP contribution >= 0.6 is 0 Å². The molecule has 0 saturated heterocycles. The van der Waals surface area contributed by atoms with Crippen molar-refractivity contribution < 1.29 is 26.7 Å². The SMILES string of the molecule is COc1cc2cc(CN(Cc3ccc(F)cc3)S(=O)(=O)c3ccc(F)cc3)c(=O)[nH]c2cc1OC. The number of methoxy groups -OCH3 is 2. The van der Waals surface area contributed by atoms with Gasteiger partial charge in [0.25, 0.3) is 5.56 Å². The van der Waals surface area contributed by atoms with Crippen LogP contribution in [0, 0.1) is 11.6 Å². The monoisotopic (exact) mass is 500 g/mol. The first-order valence-corrected chi connectivity index (χ1v) is 11.9. The molecule has 7 nitrogen and oxygen atoms in total. The first kappa shape index (κ1) is 24.4. The Morgan fingerprint density at radius 3 is 2.00 bits per heavy atom. The molecule has 0 atom stereocenters. The van der Waals surface area contributed by atoms with E-state index in [1.165, 1.54) is 38.5 Å². The number of nitrogens with one attached hydrogen (secondary N) is 1. The van der Waals surface area contributed by atoms with Crippen molar-refractivity contribution in [2.24, 2.45) is 0 Å². The molecule has 3 aromatic carbocycles. The van der Waals surface area contributed by atoms with Crippen molar-refractivity contribution in [2.45, 2.75) is 18.0 Å². The van der Waals surface area contributed by atoms with E-state index in [0.29, 0.717) is 28.0 Å². The first-order chi connectivity index (χ1) is 16.7. The topological polar surface area (TPSA) is 88.7 Å². The molecule has 0 bridgehead atoms. The summed E-state index contributed by atoms with van der Waals surface area (Å²) in [7, 11) is -1.18. The van der Waals surface area contributed by atoms with E-state index >= 15 is 0 Å². The number of fused-ring (bicyclic) bond motifs is 1. The second-order valence-electron chi connectivity index (χ2n) is 7.77. The van der Waals surface area contributed by atoms with Crippen LogP contribution in [0.2, 0.25) is 0 Å². The van der Waals surface area contributed by atoms with Crippen LogP contribution < -0.4 is 15.0 Å². The molecule has 0 spiro atoms. The van der Waals surface area contributed by atoms with Crippen molar-refractivity contribution in [3.63, 3.8) is 0 Å². The van der Waals surface area contributed by atoms with Gasteiger partial charge in [0.05, 0.1) is 24.6 Å². The second-order valence-corrected chi connectivity index (χ2v) is 9.71. The van der Waals surface area contributed by atoms with Gasteiger partial charge in [-0.3, -0.25) is 4.79 Å². The third kappa shape index (κ3) is 5.18. The highest BCUT2D eigenvalue weighted by molar-refractivity contribution is 7.89. The number of hydrogen-bond donors (Lipinski definition) is 1. The number of benzene rings is 3. The molecular formula is C25H22F2N2O5S. The Labute approximate surface area is 200 Å². The lowest BCUT2D eigenvalue weighted by atomic mass is 10.1. The first-order valence-electron chi connectivity index (χ1n) is 10.5. The summed E-state index contributed by atoms with van der Waals surface area (Å²) in [4.78, 5) is 15.5. The summed E-state index contributed by atoms with van der Waals surface area (Å²) in [5.74, 6) is -0.165. The van der Waals surface area contributed by atoms with Crippen molar-refractivity contribution in [3.8, 4) is 11.5 Å². The molecule has 10 heteroatoms. The lowest BCUT2D eigenvalue weighted by Gasteiger charge is -2.22. The van der Waals surface area contributed by atoms with Crippen LogP contribution in [-0.2, 0) is 23.1 Å². The number of nitrogens with zero attached hydrogens (tertiary/aromatic N) is 1. The zero-order chi connectivity index (χ0) is 25.2. The van der Waals surface area contributed by atoms with Crippen LogP contribution in [0.5, 0.6) is 11.5 Å². The Kier molecular flexibility index (Phi) is 6.86. The minimum absolute atomic E-state index is 0.135. The Morgan fingerprint density at radius 2 is 1.40 bits per heavy atom. The third-order valence-corrected chi connectivity index (χ3v) is 7.30. The quantitative estimate of drug-likeness (QED) is 0.392. The zero-order valence-electron chi connectivity index (χ0n) is 18.9. The van der Waals surface area contributed by atoms with E-state index in [1.54, 1.807) is 18.2 Å². The molecule has 0 fully saturated rings. The molecule has 0 aliphatic heterocycles. The van der Waals surface area contributed by atoms with Crippen molar-refractivity contribution >= 4 is 20.9 Å². The lowest BCUT2D eigenvalue weighted by molar-refractivity contribution is 0.355. The fraction of sp³-hybridized carbons (Fsp3) is 0.160. The highest BCUT2D eigenvalue weighted by Crippen LogP contribution is 2.31. The highest BCUT2D eigenvalue weighted by Gasteiger charge is 2.26. The molecule has 0 aliphatic carbocycles. The van der Waals surface area contributed by atoms with Crippen LogP contribution in [0.3, 0.4) is 0 Å². The van der Waals surface area contributed by atoms with Gasteiger partial charge in [-0.2, -0.15) is 4.31 Å². The molecule has 4 aromatic rings. The predicted octanol–water partition coefficient (Wildman–Crippen LogP) is 4.21. The molecule has 0 aliphatic rings. The van der Waals surface area contributed by atoms with Gasteiger partial charge in [-0.25, -0.2) is 17.2 Å². The number of ether oxygens (including phenoxy) is 2. The van der Waals surface area contributed by atoms with Gasteiger partial charge < -0.3 is 14.5 Å². The summed E-state index contributed by atoms with van der Waals surface area (Å²) >= 11 is 0. The second kappa shape index (κ2) is 9.85. The van der Waals surface area contributed by atoms with Crippen LogP contribution in [0.15, 0.2) is 76.4 Å². The van der Waals surface area contributed by atoms with Gasteiger partial charge in [-0.1, -0.05) is 12.1 Å². The maximum Gasteiger partial charge on any atom is 0.252 e. The van der Waals surface area contributed by atoms with Crippen molar-refractivity contribution in [2.75, 3.05) is 14.2 Å². The fourth-order valence-corrected chi connectivity index (χ4v) is 5.07.